The lowest BCUT2D eigenvalue weighted by Gasteiger charge is -2.05. The quantitative estimate of drug-likeness (QED) is 0.624. The molecule has 0 aliphatic rings. The molecule has 0 N–H and O–H groups in total. The van der Waals surface area contributed by atoms with E-state index in [0.29, 0.717) is 5.39 Å². The molecule has 0 atom stereocenters. The zero-order valence-corrected chi connectivity index (χ0v) is 9.31. The summed E-state index contributed by atoms with van der Waals surface area (Å²) < 4.78 is 15.6. The predicted octanol–water partition coefficient (Wildman–Crippen LogP) is 3.83. The standard InChI is InChI=1S/C15H12FN/c16-14-7-4-8-15-13(14)9-10-17(15)11-12-5-2-1-3-6-12/h1-10H,11H2. The fraction of sp³-hybridized carbons (Fsp3) is 0.0667. The molecule has 3 rings (SSSR count). The van der Waals surface area contributed by atoms with Crippen LogP contribution < -0.4 is 0 Å². The predicted molar refractivity (Wildman–Crippen MR) is 67.4 cm³/mol. The number of hydrogen-bond acceptors (Lipinski definition) is 0. The molecule has 84 valence electrons. The first kappa shape index (κ1) is 10.1. The smallest absolute Gasteiger partial charge is 0.132 e. The van der Waals surface area contributed by atoms with Crippen molar-refractivity contribution in [3.63, 3.8) is 0 Å². The van der Waals surface area contributed by atoms with Gasteiger partial charge in [0.05, 0.1) is 5.52 Å². The number of hydrogen-bond donors (Lipinski definition) is 0. The van der Waals surface area contributed by atoms with Gasteiger partial charge in [-0.05, 0) is 23.8 Å². The lowest BCUT2D eigenvalue weighted by Crippen LogP contribution is -1.97. The molecule has 0 saturated carbocycles. The third kappa shape index (κ3) is 1.82. The zero-order chi connectivity index (χ0) is 11.7. The van der Waals surface area contributed by atoms with E-state index in [1.165, 1.54) is 11.6 Å². The molecule has 0 spiro atoms. The minimum Gasteiger partial charge on any atom is -0.343 e. The van der Waals surface area contributed by atoms with Gasteiger partial charge in [-0.25, -0.2) is 4.39 Å². The molecule has 0 saturated heterocycles. The minimum atomic E-state index is -0.158. The summed E-state index contributed by atoms with van der Waals surface area (Å²) in [4.78, 5) is 0. The van der Waals surface area contributed by atoms with Crippen LogP contribution in [0.2, 0.25) is 0 Å². The van der Waals surface area contributed by atoms with Gasteiger partial charge in [-0.3, -0.25) is 0 Å². The van der Waals surface area contributed by atoms with Crippen molar-refractivity contribution < 1.29 is 4.39 Å². The highest BCUT2D eigenvalue weighted by molar-refractivity contribution is 5.80. The molecule has 0 bridgehead atoms. The highest BCUT2D eigenvalue weighted by Crippen LogP contribution is 2.19. The SMILES string of the molecule is Fc1cccc2c1ccn2Cc1ccccc1. The van der Waals surface area contributed by atoms with Gasteiger partial charge in [0.15, 0.2) is 0 Å². The van der Waals surface area contributed by atoms with Gasteiger partial charge in [0.1, 0.15) is 5.82 Å². The van der Waals surface area contributed by atoms with Crippen molar-refractivity contribution in [3.05, 3.63) is 72.2 Å². The Kier molecular flexibility index (Phi) is 2.41. The first-order valence-corrected chi connectivity index (χ1v) is 5.62. The van der Waals surface area contributed by atoms with Gasteiger partial charge in [-0.15, -0.1) is 0 Å². The molecule has 2 aromatic carbocycles. The second-order valence-corrected chi connectivity index (χ2v) is 4.10. The van der Waals surface area contributed by atoms with Crippen LogP contribution in [0, 0.1) is 5.82 Å². The van der Waals surface area contributed by atoms with E-state index in [0.717, 1.165) is 12.1 Å². The van der Waals surface area contributed by atoms with Gasteiger partial charge < -0.3 is 4.57 Å². The van der Waals surface area contributed by atoms with E-state index in [2.05, 4.69) is 16.7 Å². The molecule has 0 unspecified atom stereocenters. The summed E-state index contributed by atoms with van der Waals surface area (Å²) in [5.41, 5.74) is 2.16. The molecule has 17 heavy (non-hydrogen) atoms. The summed E-state index contributed by atoms with van der Waals surface area (Å²) in [6.07, 6.45) is 1.93. The molecule has 2 heteroatoms. The van der Waals surface area contributed by atoms with Crippen LogP contribution in [0.15, 0.2) is 60.8 Å². The van der Waals surface area contributed by atoms with Crippen LogP contribution in [0.4, 0.5) is 4.39 Å². The largest absolute Gasteiger partial charge is 0.343 e. The molecule has 0 amide bonds. The van der Waals surface area contributed by atoms with Crippen LogP contribution >= 0.6 is 0 Å². The van der Waals surface area contributed by atoms with E-state index in [9.17, 15) is 4.39 Å². The summed E-state index contributed by atoms with van der Waals surface area (Å²) in [5.74, 6) is -0.158. The average Bonchev–Trinajstić information content (AvgIpc) is 2.76. The normalized spacial score (nSPS) is 10.9. The van der Waals surface area contributed by atoms with Gasteiger partial charge in [0, 0.05) is 18.1 Å². The Bertz CT molecular complexity index is 640. The molecule has 1 aromatic heterocycles. The van der Waals surface area contributed by atoms with E-state index >= 15 is 0 Å². The third-order valence-electron chi connectivity index (χ3n) is 2.96. The van der Waals surface area contributed by atoms with Gasteiger partial charge in [0.2, 0.25) is 0 Å². The zero-order valence-electron chi connectivity index (χ0n) is 9.31. The Morgan fingerprint density at radius 1 is 0.882 bits per heavy atom. The second-order valence-electron chi connectivity index (χ2n) is 4.10. The van der Waals surface area contributed by atoms with Gasteiger partial charge in [-0.2, -0.15) is 0 Å². The van der Waals surface area contributed by atoms with Crippen LogP contribution in [0.3, 0.4) is 0 Å². The van der Waals surface area contributed by atoms with Gasteiger partial charge in [0.25, 0.3) is 0 Å². The maximum Gasteiger partial charge on any atom is 0.132 e. The summed E-state index contributed by atoms with van der Waals surface area (Å²) >= 11 is 0. The fourth-order valence-corrected chi connectivity index (χ4v) is 2.10. The number of benzene rings is 2. The summed E-state index contributed by atoms with van der Waals surface area (Å²) in [6, 6.07) is 17.2. The summed E-state index contributed by atoms with van der Waals surface area (Å²) in [5, 5.41) is 0.684. The Morgan fingerprint density at radius 2 is 1.71 bits per heavy atom. The molecule has 1 nitrogen and oxygen atoms in total. The third-order valence-corrected chi connectivity index (χ3v) is 2.96. The number of fused-ring (bicyclic) bond motifs is 1. The van der Waals surface area contributed by atoms with E-state index < -0.39 is 0 Å². The lowest BCUT2D eigenvalue weighted by atomic mass is 10.2. The Balaban J connectivity index is 2.05. The van der Waals surface area contributed by atoms with Gasteiger partial charge >= 0.3 is 0 Å². The van der Waals surface area contributed by atoms with E-state index in [1.54, 1.807) is 6.07 Å². The second kappa shape index (κ2) is 4.06. The van der Waals surface area contributed by atoms with Crippen LogP contribution in [-0.4, -0.2) is 4.57 Å². The molecule has 0 aliphatic heterocycles. The Hall–Kier alpha value is -2.09. The van der Waals surface area contributed by atoms with Crippen molar-refractivity contribution >= 4 is 10.9 Å². The number of halogens is 1. The molecular weight excluding hydrogens is 213 g/mol. The fourth-order valence-electron chi connectivity index (χ4n) is 2.10. The maximum absolute atomic E-state index is 13.5. The summed E-state index contributed by atoms with van der Waals surface area (Å²) in [6.45, 7) is 0.772. The molecule has 1 heterocycles. The Labute approximate surface area is 99.1 Å². The molecule has 3 aromatic rings. The van der Waals surface area contributed by atoms with Crippen molar-refractivity contribution in [2.75, 3.05) is 0 Å². The van der Waals surface area contributed by atoms with Crippen LogP contribution in [-0.2, 0) is 6.54 Å². The molecule has 0 fully saturated rings. The van der Waals surface area contributed by atoms with Crippen LogP contribution in [0.1, 0.15) is 5.56 Å². The lowest BCUT2D eigenvalue weighted by molar-refractivity contribution is 0.639. The number of aromatic nitrogens is 1. The molecule has 0 radical (unpaired) electrons. The van der Waals surface area contributed by atoms with Crippen molar-refractivity contribution in [1.29, 1.82) is 0 Å². The molecular formula is C15H12FN. The average molecular weight is 225 g/mol. The van der Waals surface area contributed by atoms with Gasteiger partial charge in [-0.1, -0.05) is 36.4 Å². The molecule has 0 aliphatic carbocycles. The van der Waals surface area contributed by atoms with E-state index in [4.69, 9.17) is 0 Å². The van der Waals surface area contributed by atoms with Crippen LogP contribution in [0.5, 0.6) is 0 Å². The van der Waals surface area contributed by atoms with Crippen molar-refractivity contribution in [1.82, 2.24) is 4.57 Å². The highest BCUT2D eigenvalue weighted by atomic mass is 19.1. The first-order valence-electron chi connectivity index (χ1n) is 5.62. The Morgan fingerprint density at radius 3 is 2.53 bits per heavy atom. The van der Waals surface area contributed by atoms with Crippen molar-refractivity contribution in [3.8, 4) is 0 Å². The number of nitrogens with zero attached hydrogens (tertiary/aromatic N) is 1. The van der Waals surface area contributed by atoms with Crippen molar-refractivity contribution in [2.45, 2.75) is 6.54 Å². The minimum absolute atomic E-state index is 0.158. The maximum atomic E-state index is 13.5. The number of rotatable bonds is 2. The van der Waals surface area contributed by atoms with Crippen LogP contribution in [0.25, 0.3) is 10.9 Å². The highest BCUT2D eigenvalue weighted by Gasteiger charge is 2.04. The monoisotopic (exact) mass is 225 g/mol. The summed E-state index contributed by atoms with van der Waals surface area (Å²) in [7, 11) is 0. The topological polar surface area (TPSA) is 4.93 Å². The van der Waals surface area contributed by atoms with Crippen molar-refractivity contribution in [2.24, 2.45) is 0 Å². The first-order chi connectivity index (χ1) is 8.34. The van der Waals surface area contributed by atoms with E-state index in [-0.39, 0.29) is 5.82 Å². The van der Waals surface area contributed by atoms with E-state index in [1.807, 2.05) is 36.5 Å².